The van der Waals surface area contributed by atoms with Gasteiger partial charge >= 0.3 is 0 Å². The number of benzene rings is 3. The van der Waals surface area contributed by atoms with E-state index >= 15 is 0 Å². The van der Waals surface area contributed by atoms with Crippen LogP contribution in [0.3, 0.4) is 0 Å². The van der Waals surface area contributed by atoms with Crippen LogP contribution in [0, 0.1) is 17.5 Å². The maximum atomic E-state index is 14.2. The molecule has 0 fully saturated rings. The topological polar surface area (TPSA) is 77.8 Å². The summed E-state index contributed by atoms with van der Waals surface area (Å²) in [5.74, 6) is -1.29. The molecule has 3 aromatic rings. The highest BCUT2D eigenvalue weighted by Crippen LogP contribution is 2.31. The molecule has 0 aliphatic rings. The second-order valence-electron chi connectivity index (χ2n) is 9.51. The zero-order chi connectivity index (χ0) is 30.2. The average Bonchev–Trinajstić information content (AvgIpc) is 2.92. The van der Waals surface area contributed by atoms with Crippen molar-refractivity contribution in [3.8, 4) is 17.2 Å². The standard InChI is InChI=1S/C15H21FO2.C12H17FO.C6H5FO.CH4/c1-4-7-10-9-12(13(17)6-3)14(16)11(8-5-2)15(10)18;1-3-5-9-7-8-11(13)10(6-4-2)12(9)14;7-5-2-1-3-6(8)4-5;/h9,18H,4-8H2,1-3H3;7-8,14H,3-6H2,1-2H3;1-4,8H;1H4. The van der Waals surface area contributed by atoms with E-state index < -0.39 is 11.6 Å². The molecule has 0 spiro atoms. The number of Topliss-reactive ketones (excluding diaryl/α,β-unsaturated/α-hetero) is 1. The number of hydrogen-bond donors (Lipinski definition) is 3. The van der Waals surface area contributed by atoms with Gasteiger partial charge in [-0.3, -0.25) is 4.79 Å². The van der Waals surface area contributed by atoms with E-state index in [1.807, 2.05) is 27.7 Å². The molecular weight excluding hydrogens is 529 g/mol. The lowest BCUT2D eigenvalue weighted by Gasteiger charge is -2.13. The highest BCUT2D eigenvalue weighted by Gasteiger charge is 2.20. The molecule has 0 unspecified atom stereocenters. The fourth-order valence-corrected chi connectivity index (χ4v) is 4.19. The minimum Gasteiger partial charge on any atom is -0.508 e. The summed E-state index contributed by atoms with van der Waals surface area (Å²) >= 11 is 0. The molecule has 3 rings (SSSR count). The predicted octanol–water partition coefficient (Wildman–Crippen LogP) is 9.63. The van der Waals surface area contributed by atoms with Crippen LogP contribution >= 0.6 is 0 Å². The number of ketones is 1. The van der Waals surface area contributed by atoms with Crippen LogP contribution in [0.25, 0.3) is 0 Å². The fraction of sp³-hybridized carbons (Fsp3) is 0.441. The van der Waals surface area contributed by atoms with Crippen LogP contribution < -0.4 is 0 Å². The Bertz CT molecular complexity index is 1210. The summed E-state index contributed by atoms with van der Waals surface area (Å²) in [4.78, 5) is 11.7. The highest BCUT2D eigenvalue weighted by atomic mass is 19.1. The van der Waals surface area contributed by atoms with Gasteiger partial charge in [-0.05, 0) is 61.1 Å². The third-order valence-electron chi connectivity index (χ3n) is 6.19. The number of carbonyl (C=O) groups excluding carboxylic acids is 1. The maximum absolute atomic E-state index is 14.2. The van der Waals surface area contributed by atoms with Gasteiger partial charge in [0.25, 0.3) is 0 Å². The van der Waals surface area contributed by atoms with Crippen LogP contribution in [0.1, 0.15) is 107 Å². The maximum Gasteiger partial charge on any atom is 0.165 e. The third-order valence-corrected chi connectivity index (χ3v) is 6.19. The monoisotopic (exact) mass is 576 g/mol. The molecule has 0 radical (unpaired) electrons. The van der Waals surface area contributed by atoms with Crippen LogP contribution in [-0.2, 0) is 25.7 Å². The summed E-state index contributed by atoms with van der Waals surface area (Å²) in [7, 11) is 0. The normalized spacial score (nSPS) is 10.0. The first-order valence-electron chi connectivity index (χ1n) is 14.1. The van der Waals surface area contributed by atoms with Gasteiger partial charge in [-0.15, -0.1) is 0 Å². The lowest BCUT2D eigenvalue weighted by molar-refractivity contribution is 0.0984. The minimum absolute atomic E-state index is 0. The van der Waals surface area contributed by atoms with Crippen LogP contribution in [0.2, 0.25) is 0 Å². The van der Waals surface area contributed by atoms with Crippen molar-refractivity contribution in [1.29, 1.82) is 0 Å². The van der Waals surface area contributed by atoms with E-state index in [2.05, 4.69) is 0 Å². The molecule has 3 aromatic carbocycles. The Morgan fingerprint density at radius 3 is 1.71 bits per heavy atom. The first-order chi connectivity index (χ1) is 19.1. The van der Waals surface area contributed by atoms with Crippen LogP contribution in [0.5, 0.6) is 17.2 Å². The minimum atomic E-state index is -0.541. The van der Waals surface area contributed by atoms with Gasteiger partial charge in [-0.1, -0.05) is 79.9 Å². The van der Waals surface area contributed by atoms with Crippen LogP contribution in [0.15, 0.2) is 42.5 Å². The van der Waals surface area contributed by atoms with Crippen molar-refractivity contribution in [3.05, 3.63) is 87.7 Å². The Morgan fingerprint density at radius 2 is 1.22 bits per heavy atom. The van der Waals surface area contributed by atoms with E-state index in [0.29, 0.717) is 36.0 Å². The van der Waals surface area contributed by atoms with Gasteiger partial charge in [0.15, 0.2) is 5.78 Å². The van der Waals surface area contributed by atoms with Crippen LogP contribution in [0.4, 0.5) is 13.2 Å². The molecule has 7 heteroatoms. The lowest BCUT2D eigenvalue weighted by atomic mass is 9.95. The number of halogens is 3. The van der Waals surface area contributed by atoms with E-state index in [9.17, 15) is 28.2 Å². The van der Waals surface area contributed by atoms with Gasteiger partial charge in [0.2, 0.25) is 0 Å². The van der Waals surface area contributed by atoms with Crippen molar-refractivity contribution < 1.29 is 33.3 Å². The summed E-state index contributed by atoms with van der Waals surface area (Å²) in [5, 5.41) is 28.4. The van der Waals surface area contributed by atoms with Gasteiger partial charge in [-0.2, -0.15) is 0 Å². The van der Waals surface area contributed by atoms with E-state index in [0.717, 1.165) is 43.7 Å². The van der Waals surface area contributed by atoms with E-state index in [1.54, 1.807) is 13.0 Å². The Kier molecular flexibility index (Phi) is 17.9. The largest absolute Gasteiger partial charge is 0.508 e. The molecule has 0 aliphatic carbocycles. The van der Waals surface area contributed by atoms with E-state index in [-0.39, 0.29) is 48.3 Å². The van der Waals surface area contributed by atoms with Crippen molar-refractivity contribution >= 4 is 5.78 Å². The Morgan fingerprint density at radius 1 is 0.683 bits per heavy atom. The number of aryl methyl sites for hydroxylation is 2. The number of aromatic hydroxyl groups is 3. The summed E-state index contributed by atoms with van der Waals surface area (Å²) in [6.45, 7) is 9.65. The molecule has 0 amide bonds. The molecule has 41 heavy (non-hydrogen) atoms. The number of phenols is 3. The fourth-order valence-electron chi connectivity index (χ4n) is 4.19. The van der Waals surface area contributed by atoms with Crippen molar-refractivity contribution in [1.82, 2.24) is 0 Å². The second-order valence-corrected chi connectivity index (χ2v) is 9.51. The quantitative estimate of drug-likeness (QED) is 0.210. The molecule has 0 saturated carbocycles. The Labute approximate surface area is 243 Å². The lowest BCUT2D eigenvalue weighted by Crippen LogP contribution is -2.07. The predicted molar refractivity (Wildman–Crippen MR) is 162 cm³/mol. The van der Waals surface area contributed by atoms with E-state index in [4.69, 9.17) is 5.11 Å². The van der Waals surface area contributed by atoms with Crippen molar-refractivity contribution in [3.63, 3.8) is 0 Å². The van der Waals surface area contributed by atoms with Crippen molar-refractivity contribution in [2.75, 3.05) is 0 Å². The highest BCUT2D eigenvalue weighted by molar-refractivity contribution is 5.96. The van der Waals surface area contributed by atoms with Crippen molar-refractivity contribution in [2.45, 2.75) is 99.8 Å². The SMILES string of the molecule is C.CCCc1cc(C(=O)CC)c(F)c(CCC)c1O.CCCc1ccc(F)c(CCC)c1O.Oc1cccc(F)c1. The first-order valence-corrected chi connectivity index (χ1v) is 14.1. The molecule has 0 aliphatic heterocycles. The molecule has 0 aromatic heterocycles. The molecule has 0 atom stereocenters. The number of carbonyl (C=O) groups is 1. The third kappa shape index (κ3) is 11.5. The van der Waals surface area contributed by atoms with Gasteiger partial charge < -0.3 is 15.3 Å². The molecule has 3 N–H and O–H groups in total. The zero-order valence-electron chi connectivity index (χ0n) is 24.3. The molecule has 228 valence electrons. The summed E-state index contributed by atoms with van der Waals surface area (Å²) < 4.78 is 39.5. The zero-order valence-corrected chi connectivity index (χ0v) is 24.3. The molecule has 0 bridgehead atoms. The van der Waals surface area contributed by atoms with Crippen LogP contribution in [-0.4, -0.2) is 21.1 Å². The summed E-state index contributed by atoms with van der Waals surface area (Å²) in [6, 6.07) is 9.84. The Balaban J connectivity index is 0.000000617. The second kappa shape index (κ2) is 19.6. The van der Waals surface area contributed by atoms with Gasteiger partial charge in [0.1, 0.15) is 34.7 Å². The average molecular weight is 577 g/mol. The first kappa shape index (κ1) is 37.5. The molecule has 0 heterocycles. The number of phenolic OH excluding ortho intramolecular Hbond substituents is 3. The molecule has 0 saturated heterocycles. The van der Waals surface area contributed by atoms with Gasteiger partial charge in [0, 0.05) is 23.6 Å². The Hall–Kier alpha value is -3.48. The van der Waals surface area contributed by atoms with Gasteiger partial charge in [0.05, 0.1) is 5.56 Å². The summed E-state index contributed by atoms with van der Waals surface area (Å²) in [6.07, 6.45) is 6.21. The molecule has 4 nitrogen and oxygen atoms in total. The number of rotatable bonds is 10. The van der Waals surface area contributed by atoms with Crippen molar-refractivity contribution in [2.24, 2.45) is 0 Å². The molecular formula is C34H47F3O4. The number of hydrogen-bond acceptors (Lipinski definition) is 4. The summed E-state index contributed by atoms with van der Waals surface area (Å²) in [5.41, 5.74) is 2.43. The van der Waals surface area contributed by atoms with Gasteiger partial charge in [-0.25, -0.2) is 13.2 Å². The smallest absolute Gasteiger partial charge is 0.165 e. The van der Waals surface area contributed by atoms with E-state index in [1.165, 1.54) is 30.3 Å².